The van der Waals surface area contributed by atoms with Gasteiger partial charge in [-0.05, 0) is 49.2 Å². The van der Waals surface area contributed by atoms with Crippen molar-refractivity contribution in [1.29, 1.82) is 0 Å². The van der Waals surface area contributed by atoms with Gasteiger partial charge in [0, 0.05) is 11.1 Å². The van der Waals surface area contributed by atoms with Gasteiger partial charge in [-0.1, -0.05) is 43.1 Å². The highest BCUT2D eigenvalue weighted by atomic mass is 16.5. The summed E-state index contributed by atoms with van der Waals surface area (Å²) in [5, 5.41) is 7.14. The van der Waals surface area contributed by atoms with Crippen LogP contribution >= 0.6 is 0 Å². The van der Waals surface area contributed by atoms with Gasteiger partial charge >= 0.3 is 0 Å². The highest BCUT2D eigenvalue weighted by Crippen LogP contribution is 2.27. The minimum absolute atomic E-state index is 0.138. The third-order valence-corrected chi connectivity index (χ3v) is 4.87. The Balaban J connectivity index is 1.82. The van der Waals surface area contributed by atoms with Crippen LogP contribution in [0.3, 0.4) is 0 Å². The number of nitrogens with one attached hydrogen (secondary N) is 1. The molecule has 6 nitrogen and oxygen atoms in total. The zero-order chi connectivity index (χ0) is 20.1. The number of amides is 1. The fourth-order valence-corrected chi connectivity index (χ4v) is 2.83. The zero-order valence-corrected chi connectivity index (χ0v) is 16.6. The molecule has 0 aliphatic heterocycles. The molecule has 1 N–H and O–H groups in total. The predicted octanol–water partition coefficient (Wildman–Crippen LogP) is 4.57. The van der Waals surface area contributed by atoms with Gasteiger partial charge in [-0.15, -0.1) is 0 Å². The standard InChI is InChI=1S/C22H25N3O3/c1-5-15(3)19(23-21(26)17-8-6-14(2)7-9-17)22-24-20(25-28-22)16-10-12-18(27-4)13-11-16/h6-13,15,19H,5H2,1-4H3,(H,23,26)/t15-,19-/m0/s1. The van der Waals surface area contributed by atoms with Crippen molar-refractivity contribution in [3.63, 3.8) is 0 Å². The van der Waals surface area contributed by atoms with E-state index in [9.17, 15) is 4.79 Å². The molecule has 28 heavy (non-hydrogen) atoms. The average Bonchev–Trinajstić information content (AvgIpc) is 3.21. The quantitative estimate of drug-likeness (QED) is 0.651. The number of nitrogens with zero attached hydrogens (tertiary/aromatic N) is 2. The minimum atomic E-state index is -0.363. The maximum absolute atomic E-state index is 12.7. The normalized spacial score (nSPS) is 13.0. The van der Waals surface area contributed by atoms with Crippen LogP contribution < -0.4 is 10.1 Å². The maximum Gasteiger partial charge on any atom is 0.251 e. The number of carbonyl (C=O) groups is 1. The number of carbonyl (C=O) groups excluding carboxylic acids is 1. The lowest BCUT2D eigenvalue weighted by Gasteiger charge is -2.20. The topological polar surface area (TPSA) is 77.2 Å². The Bertz CT molecular complexity index is 917. The summed E-state index contributed by atoms with van der Waals surface area (Å²) in [5.74, 6) is 1.62. The van der Waals surface area contributed by atoms with Crippen molar-refractivity contribution in [2.45, 2.75) is 33.2 Å². The Morgan fingerprint density at radius 1 is 1.14 bits per heavy atom. The van der Waals surface area contributed by atoms with Crippen molar-refractivity contribution in [2.24, 2.45) is 5.92 Å². The van der Waals surface area contributed by atoms with Crippen molar-refractivity contribution in [3.05, 3.63) is 65.5 Å². The molecule has 2 atom stereocenters. The monoisotopic (exact) mass is 379 g/mol. The molecule has 2 aromatic carbocycles. The van der Waals surface area contributed by atoms with Crippen LogP contribution in [-0.4, -0.2) is 23.2 Å². The van der Waals surface area contributed by atoms with E-state index in [1.54, 1.807) is 7.11 Å². The van der Waals surface area contributed by atoms with Gasteiger partial charge in [0.1, 0.15) is 11.8 Å². The molecule has 146 valence electrons. The highest BCUT2D eigenvalue weighted by Gasteiger charge is 2.27. The lowest BCUT2D eigenvalue weighted by molar-refractivity contribution is 0.0910. The summed E-state index contributed by atoms with van der Waals surface area (Å²) >= 11 is 0. The fraction of sp³-hybridized carbons (Fsp3) is 0.318. The zero-order valence-electron chi connectivity index (χ0n) is 16.6. The van der Waals surface area contributed by atoms with E-state index in [-0.39, 0.29) is 17.9 Å². The van der Waals surface area contributed by atoms with E-state index in [1.807, 2.05) is 55.5 Å². The van der Waals surface area contributed by atoms with Crippen LogP contribution in [0.1, 0.15) is 48.1 Å². The summed E-state index contributed by atoms with van der Waals surface area (Å²) in [7, 11) is 1.62. The van der Waals surface area contributed by atoms with Gasteiger partial charge in [0.25, 0.3) is 5.91 Å². The van der Waals surface area contributed by atoms with E-state index in [0.717, 1.165) is 23.3 Å². The second kappa shape index (κ2) is 8.69. The van der Waals surface area contributed by atoms with E-state index in [1.165, 1.54) is 0 Å². The first-order valence-corrected chi connectivity index (χ1v) is 9.37. The van der Waals surface area contributed by atoms with E-state index >= 15 is 0 Å². The molecule has 6 heteroatoms. The van der Waals surface area contributed by atoms with Crippen molar-refractivity contribution >= 4 is 5.91 Å². The van der Waals surface area contributed by atoms with Crippen molar-refractivity contribution < 1.29 is 14.1 Å². The Morgan fingerprint density at radius 2 is 1.82 bits per heavy atom. The number of aromatic nitrogens is 2. The van der Waals surface area contributed by atoms with Crippen LogP contribution in [0.4, 0.5) is 0 Å². The van der Waals surface area contributed by atoms with Gasteiger partial charge in [0.05, 0.1) is 7.11 Å². The summed E-state index contributed by atoms with van der Waals surface area (Å²) in [5.41, 5.74) is 2.54. The van der Waals surface area contributed by atoms with Crippen molar-refractivity contribution in [3.8, 4) is 17.1 Å². The Morgan fingerprint density at radius 3 is 2.43 bits per heavy atom. The van der Waals surface area contributed by atoms with E-state index in [2.05, 4.69) is 29.3 Å². The number of hydrogen-bond donors (Lipinski definition) is 1. The minimum Gasteiger partial charge on any atom is -0.497 e. The second-order valence-corrected chi connectivity index (χ2v) is 6.89. The first-order chi connectivity index (χ1) is 13.5. The molecule has 0 aliphatic carbocycles. The summed E-state index contributed by atoms with van der Waals surface area (Å²) in [6.07, 6.45) is 0.860. The SMILES string of the molecule is CC[C@H](C)[C@H](NC(=O)c1ccc(C)cc1)c1nc(-c2ccc(OC)cc2)no1. The van der Waals surface area contributed by atoms with E-state index in [4.69, 9.17) is 9.26 Å². The van der Waals surface area contributed by atoms with Crippen LogP contribution in [0.15, 0.2) is 53.1 Å². The Labute approximate surface area is 164 Å². The molecule has 0 saturated carbocycles. The molecule has 0 saturated heterocycles. The first-order valence-electron chi connectivity index (χ1n) is 9.37. The molecule has 3 aromatic rings. The number of hydrogen-bond acceptors (Lipinski definition) is 5. The Hall–Kier alpha value is -3.15. The summed E-state index contributed by atoms with van der Waals surface area (Å²) in [6, 6.07) is 14.5. The average molecular weight is 379 g/mol. The molecular formula is C22H25N3O3. The largest absolute Gasteiger partial charge is 0.497 e. The molecule has 0 bridgehead atoms. The summed E-state index contributed by atoms with van der Waals surface area (Å²) < 4.78 is 10.7. The van der Waals surface area contributed by atoms with Crippen LogP contribution in [0.5, 0.6) is 5.75 Å². The number of ether oxygens (including phenoxy) is 1. The van der Waals surface area contributed by atoms with E-state index < -0.39 is 0 Å². The van der Waals surface area contributed by atoms with Crippen molar-refractivity contribution in [1.82, 2.24) is 15.5 Å². The molecule has 1 amide bonds. The van der Waals surface area contributed by atoms with Crippen molar-refractivity contribution in [2.75, 3.05) is 7.11 Å². The highest BCUT2D eigenvalue weighted by molar-refractivity contribution is 5.94. The van der Waals surface area contributed by atoms with Gasteiger partial charge < -0.3 is 14.6 Å². The van der Waals surface area contributed by atoms with Crippen LogP contribution in [0, 0.1) is 12.8 Å². The number of rotatable bonds is 7. The molecule has 1 aromatic heterocycles. The second-order valence-electron chi connectivity index (χ2n) is 6.89. The fourth-order valence-electron chi connectivity index (χ4n) is 2.83. The van der Waals surface area contributed by atoms with E-state index in [0.29, 0.717) is 17.3 Å². The summed E-state index contributed by atoms with van der Waals surface area (Å²) in [6.45, 7) is 6.11. The summed E-state index contributed by atoms with van der Waals surface area (Å²) in [4.78, 5) is 17.2. The van der Waals surface area contributed by atoms with Crippen LogP contribution in [0.25, 0.3) is 11.4 Å². The first kappa shape index (κ1) is 19.6. The Kier molecular flexibility index (Phi) is 6.09. The third-order valence-electron chi connectivity index (χ3n) is 4.87. The number of methoxy groups -OCH3 is 1. The van der Waals surface area contributed by atoms with Crippen LogP contribution in [-0.2, 0) is 0 Å². The van der Waals surface area contributed by atoms with Gasteiger partial charge in [0.15, 0.2) is 0 Å². The molecule has 3 rings (SSSR count). The van der Waals surface area contributed by atoms with Gasteiger partial charge in [-0.3, -0.25) is 4.79 Å². The van der Waals surface area contributed by atoms with Gasteiger partial charge in [0.2, 0.25) is 11.7 Å². The number of aryl methyl sites for hydroxylation is 1. The number of benzene rings is 2. The molecule has 0 spiro atoms. The molecule has 0 unspecified atom stereocenters. The maximum atomic E-state index is 12.7. The molecular weight excluding hydrogens is 354 g/mol. The van der Waals surface area contributed by atoms with Gasteiger partial charge in [-0.25, -0.2) is 0 Å². The lowest BCUT2D eigenvalue weighted by atomic mass is 9.98. The smallest absolute Gasteiger partial charge is 0.251 e. The molecule has 0 radical (unpaired) electrons. The van der Waals surface area contributed by atoms with Crippen LogP contribution in [0.2, 0.25) is 0 Å². The molecule has 0 fully saturated rings. The molecule has 1 heterocycles. The lowest BCUT2D eigenvalue weighted by Crippen LogP contribution is -2.32. The molecule has 0 aliphatic rings. The predicted molar refractivity (Wildman–Crippen MR) is 107 cm³/mol. The van der Waals surface area contributed by atoms with Gasteiger partial charge in [-0.2, -0.15) is 4.98 Å². The third kappa shape index (κ3) is 4.39.